The lowest BCUT2D eigenvalue weighted by Crippen LogP contribution is -2.42. The number of hydrogen-bond donors (Lipinski definition) is 0. The zero-order valence-electron chi connectivity index (χ0n) is 11.5. The average Bonchev–Trinajstić information content (AvgIpc) is 2.49. The van der Waals surface area contributed by atoms with Crippen molar-refractivity contribution in [1.29, 1.82) is 0 Å². The molecule has 0 aliphatic carbocycles. The van der Waals surface area contributed by atoms with Crippen molar-refractivity contribution in [1.82, 2.24) is 9.34 Å². The molecule has 2 heterocycles. The summed E-state index contributed by atoms with van der Waals surface area (Å²) < 4.78 is 33.4. The van der Waals surface area contributed by atoms with Crippen molar-refractivity contribution >= 4 is 7.44 Å². The van der Waals surface area contributed by atoms with E-state index in [-0.39, 0.29) is 0 Å². The first-order chi connectivity index (χ1) is 9.27. The van der Waals surface area contributed by atoms with Gasteiger partial charge in [-0.05, 0) is 6.92 Å². The van der Waals surface area contributed by atoms with E-state index >= 15 is 0 Å². The first-order valence-electron chi connectivity index (χ1n) is 6.83. The summed E-state index contributed by atoms with van der Waals surface area (Å²) >= 11 is 0. The van der Waals surface area contributed by atoms with Gasteiger partial charge >= 0.3 is 0 Å². The van der Waals surface area contributed by atoms with Crippen molar-refractivity contribution in [2.24, 2.45) is 0 Å². The molecule has 0 aromatic carbocycles. The van der Waals surface area contributed by atoms with Crippen molar-refractivity contribution in [3.05, 3.63) is 12.1 Å². The van der Waals surface area contributed by atoms with Crippen LogP contribution in [0.15, 0.2) is 12.1 Å². The fraction of sp³-hybridized carbons (Fsp3) is 0.833. The summed E-state index contributed by atoms with van der Waals surface area (Å²) in [5.74, 6) is 1.73. The molecule has 0 N–H and O–H groups in total. The van der Waals surface area contributed by atoms with E-state index in [1.807, 2.05) is 16.3 Å². The van der Waals surface area contributed by atoms with Crippen LogP contribution in [0.5, 0.6) is 0 Å². The molecule has 0 unspecified atom stereocenters. The van der Waals surface area contributed by atoms with Crippen LogP contribution in [0, 0.1) is 0 Å². The highest BCUT2D eigenvalue weighted by Gasteiger charge is 2.36. The van der Waals surface area contributed by atoms with Crippen molar-refractivity contribution in [3.63, 3.8) is 0 Å². The number of nitrogens with zero attached hydrogens (tertiary/aromatic N) is 2. The molecule has 2 aliphatic rings. The average molecular weight is 290 g/mol. The van der Waals surface area contributed by atoms with E-state index < -0.39 is 7.44 Å². The molecule has 0 saturated carbocycles. The van der Waals surface area contributed by atoms with Gasteiger partial charge in [-0.25, -0.2) is 9.34 Å². The SMILES string of the molecule is CCO/C=C/P(=O)(N1CCOCC1)N1CCOCC1. The zero-order chi connectivity index (χ0) is 13.6. The van der Waals surface area contributed by atoms with E-state index in [4.69, 9.17) is 14.2 Å². The van der Waals surface area contributed by atoms with E-state index in [1.54, 1.807) is 12.1 Å². The monoisotopic (exact) mass is 290 g/mol. The lowest BCUT2D eigenvalue weighted by atomic mass is 10.5. The molecule has 0 aromatic rings. The molecule has 2 fully saturated rings. The topological polar surface area (TPSA) is 51.2 Å². The Morgan fingerprint density at radius 1 is 1.05 bits per heavy atom. The van der Waals surface area contributed by atoms with Crippen LogP contribution in [0.3, 0.4) is 0 Å². The Labute approximate surface area is 114 Å². The molecular weight excluding hydrogens is 267 g/mol. The minimum Gasteiger partial charge on any atom is -0.501 e. The van der Waals surface area contributed by atoms with E-state index in [0.717, 1.165) is 0 Å². The summed E-state index contributed by atoms with van der Waals surface area (Å²) in [6.45, 7) is 7.84. The molecule has 2 rings (SSSR count). The summed E-state index contributed by atoms with van der Waals surface area (Å²) in [5.41, 5.74) is 0. The number of ether oxygens (including phenoxy) is 3. The van der Waals surface area contributed by atoms with Crippen LogP contribution in [0.2, 0.25) is 0 Å². The van der Waals surface area contributed by atoms with E-state index in [2.05, 4.69) is 0 Å². The Morgan fingerprint density at radius 2 is 1.53 bits per heavy atom. The van der Waals surface area contributed by atoms with Gasteiger partial charge in [-0.2, -0.15) is 0 Å². The quantitative estimate of drug-likeness (QED) is 0.563. The van der Waals surface area contributed by atoms with Crippen LogP contribution in [0.1, 0.15) is 6.92 Å². The maximum Gasteiger partial charge on any atom is 0.242 e. The highest BCUT2D eigenvalue weighted by atomic mass is 31.2. The molecule has 0 amide bonds. The minimum atomic E-state index is -2.70. The van der Waals surface area contributed by atoms with Gasteiger partial charge in [-0.15, -0.1) is 0 Å². The van der Waals surface area contributed by atoms with E-state index in [9.17, 15) is 4.57 Å². The zero-order valence-corrected chi connectivity index (χ0v) is 12.4. The van der Waals surface area contributed by atoms with Gasteiger partial charge in [0.25, 0.3) is 0 Å². The Bertz CT molecular complexity index is 317. The van der Waals surface area contributed by atoms with Crippen LogP contribution in [-0.4, -0.2) is 68.6 Å². The molecule has 0 atom stereocenters. The molecule has 2 saturated heterocycles. The fourth-order valence-corrected chi connectivity index (χ4v) is 4.72. The lowest BCUT2D eigenvalue weighted by Gasteiger charge is -2.40. The Morgan fingerprint density at radius 3 is 1.95 bits per heavy atom. The maximum absolute atomic E-state index is 13.4. The first-order valence-corrected chi connectivity index (χ1v) is 8.51. The van der Waals surface area contributed by atoms with Gasteiger partial charge in [0.2, 0.25) is 7.44 Å². The fourth-order valence-electron chi connectivity index (χ4n) is 2.27. The normalized spacial score (nSPS) is 23.8. The predicted molar refractivity (Wildman–Crippen MR) is 73.2 cm³/mol. The summed E-state index contributed by atoms with van der Waals surface area (Å²) in [5, 5.41) is 0. The summed E-state index contributed by atoms with van der Waals surface area (Å²) in [4.78, 5) is 0. The third-order valence-corrected chi connectivity index (χ3v) is 6.23. The van der Waals surface area contributed by atoms with Gasteiger partial charge in [0.1, 0.15) is 0 Å². The van der Waals surface area contributed by atoms with Crippen LogP contribution in [-0.2, 0) is 18.8 Å². The molecule has 110 valence electrons. The summed E-state index contributed by atoms with van der Waals surface area (Å²) in [6.07, 6.45) is 1.58. The maximum atomic E-state index is 13.4. The van der Waals surface area contributed by atoms with Gasteiger partial charge in [-0.3, -0.25) is 4.57 Å². The first kappa shape index (κ1) is 15.0. The number of rotatable bonds is 5. The van der Waals surface area contributed by atoms with Gasteiger partial charge in [-0.1, -0.05) is 0 Å². The molecule has 0 aromatic heterocycles. The number of morpholine rings is 2. The van der Waals surface area contributed by atoms with Crippen LogP contribution < -0.4 is 0 Å². The molecule has 6 nitrogen and oxygen atoms in total. The standard InChI is InChI=1S/C12H23N2O4P/c1-2-16-11-12-19(15,13-3-7-17-8-4-13)14-5-9-18-10-6-14/h11-12H,2-10H2,1H3/b12-11+. The molecule has 2 aliphatic heterocycles. The van der Waals surface area contributed by atoms with E-state index in [0.29, 0.717) is 59.2 Å². The highest BCUT2D eigenvalue weighted by molar-refractivity contribution is 7.62. The van der Waals surface area contributed by atoms with Crippen LogP contribution >= 0.6 is 7.44 Å². The summed E-state index contributed by atoms with van der Waals surface area (Å²) in [6, 6.07) is 0. The summed E-state index contributed by atoms with van der Waals surface area (Å²) in [7, 11) is -2.70. The molecule has 0 radical (unpaired) electrons. The largest absolute Gasteiger partial charge is 0.501 e. The van der Waals surface area contributed by atoms with Gasteiger partial charge < -0.3 is 14.2 Å². The van der Waals surface area contributed by atoms with Gasteiger partial charge in [0, 0.05) is 32.0 Å². The predicted octanol–water partition coefficient (Wildman–Crippen LogP) is 1.35. The minimum absolute atomic E-state index is 0.586. The van der Waals surface area contributed by atoms with Gasteiger partial charge in [0.15, 0.2) is 0 Å². The molecule has 7 heteroatoms. The van der Waals surface area contributed by atoms with Crippen LogP contribution in [0.25, 0.3) is 0 Å². The second kappa shape index (κ2) is 7.41. The van der Waals surface area contributed by atoms with Crippen molar-refractivity contribution in [2.45, 2.75) is 6.92 Å². The number of hydrogen-bond acceptors (Lipinski definition) is 4. The third-order valence-electron chi connectivity index (χ3n) is 3.30. The highest BCUT2D eigenvalue weighted by Crippen LogP contribution is 2.55. The lowest BCUT2D eigenvalue weighted by molar-refractivity contribution is 0.0535. The van der Waals surface area contributed by atoms with Gasteiger partial charge in [0.05, 0.1) is 39.3 Å². The Kier molecular flexibility index (Phi) is 5.85. The molecule has 19 heavy (non-hydrogen) atoms. The van der Waals surface area contributed by atoms with E-state index in [1.165, 1.54) is 0 Å². The van der Waals surface area contributed by atoms with Crippen molar-refractivity contribution in [3.8, 4) is 0 Å². The second-order valence-electron chi connectivity index (χ2n) is 4.46. The Hall–Kier alpha value is -0.390. The Balaban J connectivity index is 2.12. The molecular formula is C12H23N2O4P. The molecule has 0 spiro atoms. The van der Waals surface area contributed by atoms with Crippen molar-refractivity contribution < 1.29 is 18.8 Å². The molecule has 0 bridgehead atoms. The van der Waals surface area contributed by atoms with Crippen LogP contribution in [0.4, 0.5) is 0 Å². The smallest absolute Gasteiger partial charge is 0.242 e. The third kappa shape index (κ3) is 3.80. The second-order valence-corrected chi connectivity index (χ2v) is 7.07. The van der Waals surface area contributed by atoms with Crippen molar-refractivity contribution in [2.75, 3.05) is 59.2 Å².